The van der Waals surface area contributed by atoms with E-state index in [2.05, 4.69) is 14.6 Å². The Hall–Kier alpha value is -1.06. The molecule has 0 aromatic carbocycles. The molecule has 124 valence electrons. The molecule has 1 N–H and O–H groups in total. The van der Waals surface area contributed by atoms with Gasteiger partial charge in [-0.25, -0.2) is 13.1 Å². The quantitative estimate of drug-likeness (QED) is 0.724. The van der Waals surface area contributed by atoms with Gasteiger partial charge in [0.25, 0.3) is 0 Å². The zero-order valence-electron chi connectivity index (χ0n) is 12.8. The summed E-state index contributed by atoms with van der Waals surface area (Å²) in [6.07, 6.45) is 3.49. The van der Waals surface area contributed by atoms with Gasteiger partial charge in [-0.1, -0.05) is 6.07 Å². The Morgan fingerprint density at radius 3 is 2.86 bits per heavy atom. The van der Waals surface area contributed by atoms with Crippen LogP contribution >= 0.6 is 0 Å². The van der Waals surface area contributed by atoms with E-state index >= 15 is 0 Å². The van der Waals surface area contributed by atoms with E-state index in [9.17, 15) is 8.42 Å². The molecule has 0 radical (unpaired) electrons. The van der Waals surface area contributed by atoms with Crippen molar-refractivity contribution < 1.29 is 17.9 Å². The van der Waals surface area contributed by atoms with Crippen molar-refractivity contribution in [2.75, 3.05) is 52.3 Å². The van der Waals surface area contributed by atoms with Gasteiger partial charge in [-0.15, -0.1) is 0 Å². The fourth-order valence-electron chi connectivity index (χ4n) is 2.39. The summed E-state index contributed by atoms with van der Waals surface area (Å²) in [6, 6.07) is 3.79. The predicted molar refractivity (Wildman–Crippen MR) is 83.0 cm³/mol. The molecule has 22 heavy (non-hydrogen) atoms. The largest absolute Gasteiger partial charge is 0.384 e. The highest BCUT2D eigenvalue weighted by Crippen LogP contribution is 2.20. The maximum absolute atomic E-state index is 12.0. The number of nitrogens with one attached hydrogen (secondary N) is 1. The van der Waals surface area contributed by atoms with E-state index in [1.807, 2.05) is 12.1 Å². The van der Waals surface area contributed by atoms with Gasteiger partial charge in [-0.05, 0) is 11.6 Å². The minimum Gasteiger partial charge on any atom is -0.384 e. The number of aromatic nitrogens is 1. The summed E-state index contributed by atoms with van der Waals surface area (Å²) in [4.78, 5) is 6.36. The molecule has 0 amide bonds. The third-order valence-electron chi connectivity index (χ3n) is 3.61. The lowest BCUT2D eigenvalue weighted by Gasteiger charge is -2.34. The third-order valence-corrected chi connectivity index (χ3v) is 4.92. The van der Waals surface area contributed by atoms with Crippen molar-refractivity contribution in [3.8, 4) is 0 Å². The van der Waals surface area contributed by atoms with Crippen molar-refractivity contribution in [1.82, 2.24) is 14.6 Å². The highest BCUT2D eigenvalue weighted by atomic mass is 32.2. The molecule has 0 aliphatic carbocycles. The van der Waals surface area contributed by atoms with E-state index in [0.717, 1.165) is 18.7 Å². The zero-order valence-corrected chi connectivity index (χ0v) is 13.6. The van der Waals surface area contributed by atoms with Crippen LogP contribution < -0.4 is 4.72 Å². The number of morpholine rings is 1. The summed E-state index contributed by atoms with van der Waals surface area (Å²) >= 11 is 0. The maximum Gasteiger partial charge on any atom is 0.213 e. The predicted octanol–water partition coefficient (Wildman–Crippen LogP) is 0.0207. The SMILES string of the molecule is COCCS(=O)(=O)NCC(c1cccnc1)N1CCOCC1. The maximum atomic E-state index is 12.0. The van der Waals surface area contributed by atoms with Crippen molar-refractivity contribution in [2.24, 2.45) is 0 Å². The van der Waals surface area contributed by atoms with Crippen molar-refractivity contribution in [1.29, 1.82) is 0 Å². The van der Waals surface area contributed by atoms with Gasteiger partial charge in [-0.2, -0.15) is 0 Å². The monoisotopic (exact) mass is 329 g/mol. The van der Waals surface area contributed by atoms with Crippen LogP contribution in [0.1, 0.15) is 11.6 Å². The summed E-state index contributed by atoms with van der Waals surface area (Å²) < 4.78 is 36.8. The second-order valence-electron chi connectivity index (χ2n) is 5.11. The molecule has 2 heterocycles. The lowest BCUT2D eigenvalue weighted by molar-refractivity contribution is 0.0171. The lowest BCUT2D eigenvalue weighted by Crippen LogP contribution is -2.44. The molecular weight excluding hydrogens is 306 g/mol. The Kier molecular flexibility index (Phi) is 6.71. The van der Waals surface area contributed by atoms with E-state index < -0.39 is 10.0 Å². The van der Waals surface area contributed by atoms with Gasteiger partial charge in [0.2, 0.25) is 10.0 Å². The summed E-state index contributed by atoms with van der Waals surface area (Å²) in [6.45, 7) is 3.38. The topological polar surface area (TPSA) is 80.8 Å². The highest BCUT2D eigenvalue weighted by molar-refractivity contribution is 7.89. The molecule has 1 aliphatic rings. The lowest BCUT2D eigenvalue weighted by atomic mass is 10.1. The van der Waals surface area contributed by atoms with Crippen molar-refractivity contribution in [3.05, 3.63) is 30.1 Å². The summed E-state index contributed by atoms with van der Waals surface area (Å²) in [5.41, 5.74) is 0.999. The van der Waals surface area contributed by atoms with Gasteiger partial charge < -0.3 is 9.47 Å². The average Bonchev–Trinajstić information content (AvgIpc) is 2.55. The Balaban J connectivity index is 2.05. The van der Waals surface area contributed by atoms with Crippen LogP contribution in [0.5, 0.6) is 0 Å². The second-order valence-corrected chi connectivity index (χ2v) is 7.04. The number of ether oxygens (including phenoxy) is 2. The Morgan fingerprint density at radius 1 is 1.45 bits per heavy atom. The molecule has 0 saturated carbocycles. The molecule has 1 fully saturated rings. The van der Waals surface area contributed by atoms with Crippen LogP contribution in [-0.2, 0) is 19.5 Å². The van der Waals surface area contributed by atoms with Gasteiger partial charge in [0.1, 0.15) is 0 Å². The van der Waals surface area contributed by atoms with Gasteiger partial charge in [0.05, 0.1) is 31.6 Å². The molecule has 1 aromatic rings. The minimum atomic E-state index is -3.34. The molecule has 0 spiro atoms. The van der Waals surface area contributed by atoms with E-state index in [1.54, 1.807) is 12.4 Å². The molecule has 1 aromatic heterocycles. The van der Waals surface area contributed by atoms with Crippen LogP contribution in [0.25, 0.3) is 0 Å². The molecule has 1 atom stereocenters. The molecular formula is C14H23N3O4S. The zero-order chi connectivity index (χ0) is 15.8. The Morgan fingerprint density at radius 2 is 2.23 bits per heavy atom. The molecule has 7 nitrogen and oxygen atoms in total. The molecule has 2 rings (SSSR count). The molecule has 1 aliphatic heterocycles. The average molecular weight is 329 g/mol. The van der Waals surface area contributed by atoms with Gasteiger partial charge in [-0.3, -0.25) is 9.88 Å². The number of methoxy groups -OCH3 is 1. The summed E-state index contributed by atoms with van der Waals surface area (Å²) in [5, 5.41) is 0. The molecule has 8 heteroatoms. The number of hydrogen-bond acceptors (Lipinski definition) is 6. The number of hydrogen-bond donors (Lipinski definition) is 1. The Labute approximate surface area is 131 Å². The van der Waals surface area contributed by atoms with Crippen molar-refractivity contribution >= 4 is 10.0 Å². The standard InChI is InChI=1S/C14H23N3O4S/c1-20-9-10-22(18,19)16-12-14(13-3-2-4-15-11-13)17-5-7-21-8-6-17/h2-4,11,14,16H,5-10,12H2,1H3. The number of nitrogens with zero attached hydrogens (tertiary/aromatic N) is 2. The smallest absolute Gasteiger partial charge is 0.213 e. The van der Waals surface area contributed by atoms with Gasteiger partial charge >= 0.3 is 0 Å². The molecule has 1 unspecified atom stereocenters. The minimum absolute atomic E-state index is 0.0353. The van der Waals surface area contributed by atoms with Crippen LogP contribution in [0.2, 0.25) is 0 Å². The normalized spacial score (nSPS) is 18.2. The molecule has 1 saturated heterocycles. The van der Waals surface area contributed by atoms with Crippen LogP contribution in [0.3, 0.4) is 0 Å². The number of rotatable bonds is 8. The van der Waals surface area contributed by atoms with Gasteiger partial charge in [0.15, 0.2) is 0 Å². The first kappa shape index (κ1) is 17.3. The van der Waals surface area contributed by atoms with Crippen LogP contribution in [0, 0.1) is 0 Å². The fourth-order valence-corrected chi connectivity index (χ4v) is 3.33. The Bertz CT molecular complexity index is 532. The van der Waals surface area contributed by atoms with Crippen LogP contribution in [0.15, 0.2) is 24.5 Å². The first-order valence-electron chi connectivity index (χ1n) is 7.30. The first-order chi connectivity index (χ1) is 10.6. The van der Waals surface area contributed by atoms with Crippen LogP contribution in [-0.4, -0.2) is 70.6 Å². The summed E-state index contributed by atoms with van der Waals surface area (Å²) in [7, 11) is -1.85. The van der Waals surface area contributed by atoms with E-state index in [4.69, 9.17) is 9.47 Å². The van der Waals surface area contributed by atoms with Crippen molar-refractivity contribution in [3.63, 3.8) is 0 Å². The first-order valence-corrected chi connectivity index (χ1v) is 8.95. The van der Waals surface area contributed by atoms with Crippen LogP contribution in [0.4, 0.5) is 0 Å². The number of pyridine rings is 1. The van der Waals surface area contributed by atoms with E-state index in [1.165, 1.54) is 7.11 Å². The molecule has 0 bridgehead atoms. The number of sulfonamides is 1. The second kappa shape index (κ2) is 8.54. The highest BCUT2D eigenvalue weighted by Gasteiger charge is 2.24. The third kappa shape index (κ3) is 5.29. The fraction of sp³-hybridized carbons (Fsp3) is 0.643. The van der Waals surface area contributed by atoms with Crippen molar-refractivity contribution in [2.45, 2.75) is 6.04 Å². The summed E-state index contributed by atoms with van der Waals surface area (Å²) in [5.74, 6) is -0.0353. The van der Waals surface area contributed by atoms with E-state index in [0.29, 0.717) is 19.8 Å². The van der Waals surface area contributed by atoms with Gasteiger partial charge in [0, 0.05) is 39.1 Å². The van der Waals surface area contributed by atoms with E-state index in [-0.39, 0.29) is 18.4 Å².